The molecule has 0 spiro atoms. The Morgan fingerprint density at radius 2 is 1.86 bits per heavy atom. The number of aliphatic hydroxyl groups is 1. The number of aromatic nitrogens is 1. The number of carboxylic acids is 1. The number of nitrogens with zero attached hydrogens (tertiary/aromatic N) is 1. The second kappa shape index (κ2) is 14.4. The Bertz CT molecular complexity index is 1540. The molecule has 1 aromatic heterocycles. The van der Waals surface area contributed by atoms with Gasteiger partial charge in [-0.1, -0.05) is 54.6 Å². The van der Waals surface area contributed by atoms with Gasteiger partial charge in [-0.2, -0.15) is 0 Å². The maximum Gasteiger partial charge on any atom is 0.312 e. The van der Waals surface area contributed by atoms with Gasteiger partial charge in [-0.05, 0) is 84.4 Å². The van der Waals surface area contributed by atoms with E-state index in [1.165, 1.54) is 48.6 Å². The van der Waals surface area contributed by atoms with Crippen molar-refractivity contribution in [3.63, 3.8) is 0 Å². The molecule has 1 aliphatic heterocycles. The zero-order chi connectivity index (χ0) is 31.2. The standard InChI is InChI=1S/C27H29ClN2O5.C8H11N/c28-22-2-1-3-23-27(22)19(10-16-4-6-17(7-5-16)18-8-9-18)15-30(23)25-12-20(31)11-21(35-25)14-29-24(32)13-26(33)34;1-2-7(5-6-9)8-3-4-8/h1-7,15,18,20-21,25,31H,8-14H2,(H,29,32)(H,33,34);2,5-6,8-9H,1,3-4H2/b;7-5+,9-6?. The Hall–Kier alpha value is -3.72. The lowest BCUT2D eigenvalue weighted by Crippen LogP contribution is -2.41. The van der Waals surface area contributed by atoms with Crippen molar-refractivity contribution in [2.24, 2.45) is 5.92 Å². The van der Waals surface area contributed by atoms with Crippen LogP contribution < -0.4 is 5.32 Å². The minimum absolute atomic E-state index is 0.139. The summed E-state index contributed by atoms with van der Waals surface area (Å²) in [5.74, 6) is -0.317. The average molecular weight is 618 g/mol. The number of benzene rings is 2. The molecule has 3 atom stereocenters. The average Bonchev–Trinajstić information content (AvgIpc) is 3.93. The van der Waals surface area contributed by atoms with E-state index in [9.17, 15) is 14.7 Å². The number of fused-ring (bicyclic) bond motifs is 1. The van der Waals surface area contributed by atoms with Gasteiger partial charge in [0.25, 0.3) is 0 Å². The molecule has 3 unspecified atom stereocenters. The molecule has 2 aromatic carbocycles. The molecule has 2 saturated carbocycles. The summed E-state index contributed by atoms with van der Waals surface area (Å²) in [6.45, 7) is 3.81. The highest BCUT2D eigenvalue weighted by Gasteiger charge is 2.31. The van der Waals surface area contributed by atoms with Crippen LogP contribution in [0.15, 0.2) is 73.0 Å². The Kier molecular flexibility index (Phi) is 10.4. The van der Waals surface area contributed by atoms with Gasteiger partial charge in [0.2, 0.25) is 5.91 Å². The summed E-state index contributed by atoms with van der Waals surface area (Å²) in [6, 6.07) is 14.6. The number of carbonyl (C=O) groups excluding carboxylic acids is 1. The highest BCUT2D eigenvalue weighted by molar-refractivity contribution is 6.35. The molecule has 9 heteroatoms. The molecular formula is C35H40ClN3O5. The lowest BCUT2D eigenvalue weighted by molar-refractivity contribution is -0.142. The minimum Gasteiger partial charge on any atom is -0.481 e. The molecule has 2 aliphatic carbocycles. The van der Waals surface area contributed by atoms with Crippen molar-refractivity contribution >= 4 is 40.6 Å². The zero-order valence-electron chi connectivity index (χ0n) is 24.8. The number of hydrogen-bond acceptors (Lipinski definition) is 5. The number of allylic oxidation sites excluding steroid dienone is 3. The highest BCUT2D eigenvalue weighted by Crippen LogP contribution is 2.40. The molecule has 8 nitrogen and oxygen atoms in total. The van der Waals surface area contributed by atoms with Crippen molar-refractivity contribution < 1.29 is 24.5 Å². The molecule has 3 fully saturated rings. The van der Waals surface area contributed by atoms with Crippen molar-refractivity contribution in [1.29, 1.82) is 5.41 Å². The molecule has 3 aliphatic rings. The normalized spacial score (nSPS) is 21.7. The lowest BCUT2D eigenvalue weighted by Gasteiger charge is -2.34. The zero-order valence-corrected chi connectivity index (χ0v) is 25.5. The number of aliphatic carboxylic acids is 1. The predicted molar refractivity (Wildman–Crippen MR) is 172 cm³/mol. The third-order valence-corrected chi connectivity index (χ3v) is 8.69. The van der Waals surface area contributed by atoms with Crippen LogP contribution in [-0.2, 0) is 20.7 Å². The van der Waals surface area contributed by atoms with Gasteiger partial charge in [-0.3, -0.25) is 9.59 Å². The topological polar surface area (TPSA) is 125 Å². The van der Waals surface area contributed by atoms with E-state index in [1.54, 1.807) is 0 Å². The Morgan fingerprint density at radius 1 is 1.11 bits per heavy atom. The third-order valence-electron chi connectivity index (χ3n) is 8.38. The minimum atomic E-state index is -1.18. The summed E-state index contributed by atoms with van der Waals surface area (Å²) in [7, 11) is 0. The molecule has 232 valence electrons. The molecule has 6 rings (SSSR count). The lowest BCUT2D eigenvalue weighted by atomic mass is 10.0. The molecule has 2 heterocycles. The van der Waals surface area contributed by atoms with Crippen molar-refractivity contribution in [2.75, 3.05) is 6.54 Å². The summed E-state index contributed by atoms with van der Waals surface area (Å²) < 4.78 is 8.27. The summed E-state index contributed by atoms with van der Waals surface area (Å²) in [6.07, 6.45) is 11.6. The van der Waals surface area contributed by atoms with Crippen LogP contribution in [0.1, 0.15) is 73.8 Å². The smallest absolute Gasteiger partial charge is 0.312 e. The van der Waals surface area contributed by atoms with Gasteiger partial charge >= 0.3 is 5.97 Å². The van der Waals surface area contributed by atoms with Crippen molar-refractivity contribution in [2.45, 2.75) is 75.7 Å². The molecule has 4 N–H and O–H groups in total. The second-order valence-corrected chi connectivity index (χ2v) is 12.3. The number of carboxylic acid groups (broad SMARTS) is 1. The maximum absolute atomic E-state index is 11.8. The van der Waals surface area contributed by atoms with Crippen LogP contribution in [-0.4, -0.2) is 51.6 Å². The number of carbonyl (C=O) groups is 2. The fourth-order valence-corrected chi connectivity index (χ4v) is 6.14. The van der Waals surface area contributed by atoms with Crippen LogP contribution in [0.5, 0.6) is 0 Å². The highest BCUT2D eigenvalue weighted by atomic mass is 35.5. The van der Waals surface area contributed by atoms with E-state index in [-0.39, 0.29) is 6.54 Å². The van der Waals surface area contributed by atoms with E-state index < -0.39 is 36.7 Å². The fraction of sp³-hybridized carbons (Fsp3) is 0.400. The van der Waals surface area contributed by atoms with Gasteiger partial charge in [0, 0.05) is 37.2 Å². The van der Waals surface area contributed by atoms with E-state index in [2.05, 4.69) is 36.2 Å². The van der Waals surface area contributed by atoms with Crippen molar-refractivity contribution in [3.8, 4) is 0 Å². The molecular weight excluding hydrogens is 578 g/mol. The number of hydrogen-bond donors (Lipinski definition) is 4. The number of rotatable bonds is 11. The van der Waals surface area contributed by atoms with Gasteiger partial charge < -0.3 is 30.2 Å². The molecule has 0 bridgehead atoms. The van der Waals surface area contributed by atoms with Gasteiger partial charge in [0.15, 0.2) is 0 Å². The number of amides is 1. The van der Waals surface area contributed by atoms with Crippen LogP contribution in [0.2, 0.25) is 5.02 Å². The van der Waals surface area contributed by atoms with E-state index in [1.807, 2.05) is 41.1 Å². The van der Waals surface area contributed by atoms with Gasteiger partial charge in [-0.15, -0.1) is 0 Å². The Balaban J connectivity index is 0.000000367. The summed E-state index contributed by atoms with van der Waals surface area (Å²) in [5, 5.41) is 30.4. The van der Waals surface area contributed by atoms with E-state index in [4.69, 9.17) is 26.9 Å². The Labute approximate surface area is 262 Å². The third kappa shape index (κ3) is 8.25. The maximum atomic E-state index is 11.8. The number of halogens is 1. The molecule has 3 aromatic rings. The first-order valence-electron chi connectivity index (χ1n) is 15.3. The second-order valence-electron chi connectivity index (χ2n) is 11.9. The SMILES string of the molecule is C=C/C(=C\C=N)C1CC1.O=C(O)CC(=O)NCC1CC(O)CC(n2cc(Cc3ccc(C4CC4)cc3)c3c(Cl)cccc32)O1. The number of ether oxygens (including phenoxy) is 1. The fourth-order valence-electron chi connectivity index (χ4n) is 5.85. The number of aliphatic hydroxyl groups excluding tert-OH is 1. The van der Waals surface area contributed by atoms with E-state index in [0.717, 1.165) is 34.7 Å². The first-order chi connectivity index (χ1) is 21.2. The summed E-state index contributed by atoms with van der Waals surface area (Å²) in [5.41, 5.74) is 5.84. The quantitative estimate of drug-likeness (QED) is 0.110. The van der Waals surface area contributed by atoms with Crippen molar-refractivity contribution in [1.82, 2.24) is 9.88 Å². The number of nitrogens with one attached hydrogen (secondary N) is 2. The molecule has 0 radical (unpaired) electrons. The van der Waals surface area contributed by atoms with Gasteiger partial charge in [0.1, 0.15) is 12.6 Å². The van der Waals surface area contributed by atoms with Crippen molar-refractivity contribution in [3.05, 3.63) is 94.7 Å². The van der Waals surface area contributed by atoms with Crippen LogP contribution in [0.4, 0.5) is 0 Å². The first kappa shape index (κ1) is 31.7. The molecule has 1 amide bonds. The van der Waals surface area contributed by atoms with E-state index >= 15 is 0 Å². The van der Waals surface area contributed by atoms with Crippen LogP contribution >= 0.6 is 11.6 Å². The first-order valence-corrected chi connectivity index (χ1v) is 15.6. The van der Waals surface area contributed by atoms with Gasteiger partial charge in [0.05, 0.1) is 22.7 Å². The predicted octanol–water partition coefficient (Wildman–Crippen LogP) is 6.55. The molecule has 44 heavy (non-hydrogen) atoms. The molecule has 1 saturated heterocycles. The summed E-state index contributed by atoms with van der Waals surface area (Å²) in [4.78, 5) is 22.5. The van der Waals surface area contributed by atoms with Crippen LogP contribution in [0.3, 0.4) is 0 Å². The van der Waals surface area contributed by atoms with E-state index in [0.29, 0.717) is 17.9 Å². The van der Waals surface area contributed by atoms with Crippen LogP contribution in [0, 0.1) is 11.3 Å². The monoisotopic (exact) mass is 617 g/mol. The van der Waals surface area contributed by atoms with Gasteiger partial charge in [-0.25, -0.2) is 0 Å². The Morgan fingerprint density at radius 3 is 2.50 bits per heavy atom. The summed E-state index contributed by atoms with van der Waals surface area (Å²) >= 11 is 6.64. The largest absolute Gasteiger partial charge is 0.481 e. The van der Waals surface area contributed by atoms with Crippen LogP contribution in [0.25, 0.3) is 10.9 Å².